The molecule has 2 aliphatic rings. The van der Waals surface area contributed by atoms with Gasteiger partial charge >= 0.3 is 0 Å². The van der Waals surface area contributed by atoms with E-state index < -0.39 is 0 Å². The first-order valence-corrected chi connectivity index (χ1v) is 6.07. The Morgan fingerprint density at radius 1 is 1.07 bits per heavy atom. The number of rotatable bonds is 3. The monoisotopic (exact) mass is 196 g/mol. The highest BCUT2D eigenvalue weighted by Gasteiger charge is 2.43. The van der Waals surface area contributed by atoms with Crippen LogP contribution in [0.3, 0.4) is 0 Å². The molecule has 0 aliphatic carbocycles. The van der Waals surface area contributed by atoms with Crippen LogP contribution in [0.5, 0.6) is 0 Å². The van der Waals surface area contributed by atoms with Gasteiger partial charge < -0.3 is 0 Å². The van der Waals surface area contributed by atoms with Crippen LogP contribution in [-0.2, 0) is 0 Å². The summed E-state index contributed by atoms with van der Waals surface area (Å²) >= 11 is 0. The molecule has 0 amide bonds. The molecule has 2 saturated heterocycles. The first-order chi connectivity index (χ1) is 6.58. The molecule has 2 fully saturated rings. The van der Waals surface area contributed by atoms with Gasteiger partial charge in [0.1, 0.15) is 0 Å². The maximum Gasteiger partial charge on any atom is 0.0242 e. The summed E-state index contributed by atoms with van der Waals surface area (Å²) in [7, 11) is 0. The second-order valence-electron chi connectivity index (χ2n) is 5.68. The molecule has 82 valence electrons. The molecule has 0 aromatic heterocycles. The lowest BCUT2D eigenvalue weighted by Gasteiger charge is -2.37. The topological polar surface area (TPSA) is 6.48 Å². The van der Waals surface area contributed by atoms with E-state index in [4.69, 9.17) is 0 Å². The van der Waals surface area contributed by atoms with Gasteiger partial charge in [0.2, 0.25) is 0 Å². The fraction of sp³-hybridized carbons (Fsp3) is 1.00. The fourth-order valence-corrected chi connectivity index (χ4v) is 3.11. The van der Waals surface area contributed by atoms with Gasteiger partial charge in [-0.05, 0) is 26.2 Å². The van der Waals surface area contributed by atoms with Crippen LogP contribution < -0.4 is 0 Å². The van der Waals surface area contributed by atoms with Gasteiger partial charge in [-0.1, -0.05) is 13.8 Å². The minimum Gasteiger partial charge on any atom is -0.297 e. The third kappa shape index (κ3) is 1.82. The van der Waals surface area contributed by atoms with Crippen LogP contribution >= 0.6 is 0 Å². The second-order valence-corrected chi connectivity index (χ2v) is 5.68. The normalized spacial score (nSPS) is 33.9. The minimum absolute atomic E-state index is 0.742. The molecule has 0 radical (unpaired) electrons. The van der Waals surface area contributed by atoms with Gasteiger partial charge in [0.25, 0.3) is 0 Å². The number of nitrogens with zero attached hydrogens (tertiary/aromatic N) is 2. The van der Waals surface area contributed by atoms with E-state index in [1.165, 1.54) is 26.1 Å². The summed E-state index contributed by atoms with van der Waals surface area (Å²) in [5.41, 5.74) is 0. The van der Waals surface area contributed by atoms with Crippen molar-refractivity contribution < 1.29 is 0 Å². The number of hydrogen-bond donors (Lipinski definition) is 0. The van der Waals surface area contributed by atoms with Crippen LogP contribution in [0.2, 0.25) is 0 Å². The average Bonchev–Trinajstić information content (AvgIpc) is 2.60. The van der Waals surface area contributed by atoms with Crippen LogP contribution in [0, 0.1) is 5.92 Å². The Labute approximate surface area is 88.3 Å². The molecule has 0 unspecified atom stereocenters. The molecule has 0 N–H and O–H groups in total. The summed E-state index contributed by atoms with van der Waals surface area (Å²) < 4.78 is 0. The lowest BCUT2D eigenvalue weighted by Crippen LogP contribution is -2.49. The molecule has 0 aromatic carbocycles. The number of piperazine rings is 1. The SMILES string of the molecule is CC(C)CN1C[C@@H]2C[C@H]1CN2C(C)C. The molecular weight excluding hydrogens is 172 g/mol. The predicted octanol–water partition coefficient (Wildman–Crippen LogP) is 1.81. The lowest BCUT2D eigenvalue weighted by atomic mass is 10.2. The number of fused-ring (bicyclic) bond motifs is 2. The maximum atomic E-state index is 2.70. The Kier molecular flexibility index (Phi) is 2.85. The minimum atomic E-state index is 0.742. The molecule has 2 heteroatoms. The highest BCUT2D eigenvalue weighted by atomic mass is 15.4. The molecule has 0 saturated carbocycles. The van der Waals surface area contributed by atoms with Gasteiger partial charge in [-0.25, -0.2) is 0 Å². The first-order valence-electron chi connectivity index (χ1n) is 6.07. The Morgan fingerprint density at radius 3 is 2.21 bits per heavy atom. The fourth-order valence-electron chi connectivity index (χ4n) is 3.11. The Hall–Kier alpha value is -0.0800. The maximum absolute atomic E-state index is 2.70. The van der Waals surface area contributed by atoms with E-state index in [2.05, 4.69) is 37.5 Å². The van der Waals surface area contributed by atoms with Crippen LogP contribution in [-0.4, -0.2) is 47.6 Å². The Bertz CT molecular complexity index is 200. The predicted molar refractivity (Wildman–Crippen MR) is 60.4 cm³/mol. The quantitative estimate of drug-likeness (QED) is 0.679. The largest absolute Gasteiger partial charge is 0.297 e. The van der Waals surface area contributed by atoms with Crippen molar-refractivity contribution in [1.82, 2.24) is 9.80 Å². The summed E-state index contributed by atoms with van der Waals surface area (Å²) in [5, 5.41) is 0. The molecule has 14 heavy (non-hydrogen) atoms. The molecule has 0 spiro atoms. The summed E-state index contributed by atoms with van der Waals surface area (Å²) in [6, 6.07) is 2.47. The van der Waals surface area contributed by atoms with Crippen molar-refractivity contribution in [3.63, 3.8) is 0 Å². The smallest absolute Gasteiger partial charge is 0.0242 e. The van der Waals surface area contributed by atoms with Gasteiger partial charge in [0.15, 0.2) is 0 Å². The van der Waals surface area contributed by atoms with Crippen molar-refractivity contribution in [2.75, 3.05) is 19.6 Å². The van der Waals surface area contributed by atoms with Gasteiger partial charge in [-0.15, -0.1) is 0 Å². The molecule has 2 bridgehead atoms. The zero-order valence-electron chi connectivity index (χ0n) is 10.0. The molecular formula is C12H24N2. The zero-order chi connectivity index (χ0) is 10.3. The van der Waals surface area contributed by atoms with Gasteiger partial charge in [0, 0.05) is 37.8 Å². The van der Waals surface area contributed by atoms with Crippen LogP contribution in [0.4, 0.5) is 0 Å². The molecule has 2 rings (SSSR count). The van der Waals surface area contributed by atoms with Crippen molar-refractivity contribution in [2.45, 2.75) is 52.2 Å². The summed E-state index contributed by atoms with van der Waals surface area (Å²) in [4.78, 5) is 5.38. The molecule has 2 aliphatic heterocycles. The Morgan fingerprint density at radius 2 is 1.79 bits per heavy atom. The van der Waals surface area contributed by atoms with E-state index in [-0.39, 0.29) is 0 Å². The summed E-state index contributed by atoms with van der Waals surface area (Å²) in [6.07, 6.45) is 1.42. The Balaban J connectivity index is 1.90. The van der Waals surface area contributed by atoms with Crippen LogP contribution in [0.1, 0.15) is 34.1 Å². The van der Waals surface area contributed by atoms with Crippen molar-refractivity contribution in [2.24, 2.45) is 5.92 Å². The van der Waals surface area contributed by atoms with E-state index in [9.17, 15) is 0 Å². The van der Waals surface area contributed by atoms with Gasteiger partial charge in [-0.3, -0.25) is 9.80 Å². The summed E-state index contributed by atoms with van der Waals surface area (Å²) in [5.74, 6) is 0.821. The van der Waals surface area contributed by atoms with Crippen LogP contribution in [0.25, 0.3) is 0 Å². The number of hydrogen-bond acceptors (Lipinski definition) is 2. The highest BCUT2D eigenvalue weighted by molar-refractivity contribution is 5.00. The molecule has 0 aromatic rings. The lowest BCUT2D eigenvalue weighted by molar-refractivity contribution is 0.0966. The van der Waals surface area contributed by atoms with E-state index in [1.807, 2.05) is 0 Å². The summed E-state index contributed by atoms with van der Waals surface area (Å²) in [6.45, 7) is 13.2. The van der Waals surface area contributed by atoms with Crippen molar-refractivity contribution >= 4 is 0 Å². The van der Waals surface area contributed by atoms with Gasteiger partial charge in [-0.2, -0.15) is 0 Å². The van der Waals surface area contributed by atoms with E-state index in [0.29, 0.717) is 0 Å². The van der Waals surface area contributed by atoms with Crippen LogP contribution in [0.15, 0.2) is 0 Å². The molecule has 2 nitrogen and oxygen atoms in total. The van der Waals surface area contributed by atoms with E-state index >= 15 is 0 Å². The molecule has 2 heterocycles. The number of likely N-dealkylation sites (tertiary alicyclic amines) is 2. The van der Waals surface area contributed by atoms with E-state index in [1.54, 1.807) is 0 Å². The molecule has 2 atom stereocenters. The van der Waals surface area contributed by atoms with Crippen molar-refractivity contribution in [1.29, 1.82) is 0 Å². The van der Waals surface area contributed by atoms with Crippen molar-refractivity contribution in [3.05, 3.63) is 0 Å². The van der Waals surface area contributed by atoms with Gasteiger partial charge in [0.05, 0.1) is 0 Å². The average molecular weight is 196 g/mol. The van der Waals surface area contributed by atoms with E-state index in [0.717, 1.165) is 24.0 Å². The second kappa shape index (κ2) is 3.82. The van der Waals surface area contributed by atoms with Crippen molar-refractivity contribution in [3.8, 4) is 0 Å². The third-order valence-electron chi connectivity index (χ3n) is 3.66. The zero-order valence-corrected chi connectivity index (χ0v) is 10.0. The first kappa shape index (κ1) is 10.4. The highest BCUT2D eigenvalue weighted by Crippen LogP contribution is 2.32. The third-order valence-corrected chi connectivity index (χ3v) is 3.66. The standard InChI is InChI=1S/C12H24N2/c1-9(2)6-13-7-12-5-11(13)8-14(12)10(3)4/h9-12H,5-8H2,1-4H3/t11-,12-/m0/s1.